The highest BCUT2D eigenvalue weighted by Gasteiger charge is 2.65. The summed E-state index contributed by atoms with van der Waals surface area (Å²) in [6.45, 7) is 1.05. The van der Waals surface area contributed by atoms with Gasteiger partial charge in [0.2, 0.25) is 0 Å². The molecule has 5 rings (SSSR count). The lowest BCUT2D eigenvalue weighted by Crippen LogP contribution is -2.66. The van der Waals surface area contributed by atoms with Crippen LogP contribution in [0, 0.1) is 17.2 Å². The van der Waals surface area contributed by atoms with Crippen LogP contribution < -0.4 is 4.74 Å². The summed E-state index contributed by atoms with van der Waals surface area (Å²) >= 11 is 0. The number of likely N-dealkylation sites (N-methyl/N-ethyl adjacent to an activating group) is 1. The Morgan fingerprint density at radius 2 is 2.27 bits per heavy atom. The summed E-state index contributed by atoms with van der Waals surface area (Å²) in [5.41, 5.74) is 3.17. The van der Waals surface area contributed by atoms with Crippen molar-refractivity contribution in [2.24, 2.45) is 5.92 Å². The number of hydrogen-bond acceptors (Lipinski definition) is 4. The Bertz CT molecular complexity index is 710. The molecule has 1 saturated heterocycles. The van der Waals surface area contributed by atoms with Gasteiger partial charge in [-0.2, -0.15) is 5.26 Å². The zero-order chi connectivity index (χ0) is 15.1. The van der Waals surface area contributed by atoms with E-state index in [-0.39, 0.29) is 11.5 Å². The zero-order valence-corrected chi connectivity index (χ0v) is 12.7. The number of rotatable bonds is 0. The van der Waals surface area contributed by atoms with Crippen LogP contribution in [0.25, 0.3) is 0 Å². The average Bonchev–Trinajstić information content (AvgIpc) is 2.88. The van der Waals surface area contributed by atoms with Crippen molar-refractivity contribution < 1.29 is 9.84 Å². The molecule has 1 spiro atoms. The van der Waals surface area contributed by atoms with Gasteiger partial charge in [-0.15, -0.1) is 0 Å². The standard InChI is InChI=1S/C18H20N2O2/c1-20-7-6-18-12-4-5-14(21)17(18)22-16-11(9-19)3-2-10(15(16)18)8-13(12)20/h2-3,12-14,17,21H,4-8H2,1H3/t12-,13+,14-,17-,18-/m0/s1. The number of piperidine rings is 1. The van der Waals surface area contributed by atoms with E-state index < -0.39 is 6.10 Å². The molecule has 0 amide bonds. The van der Waals surface area contributed by atoms with Gasteiger partial charge in [0, 0.05) is 17.0 Å². The van der Waals surface area contributed by atoms with E-state index in [0.717, 1.165) is 38.0 Å². The van der Waals surface area contributed by atoms with Crippen LogP contribution >= 0.6 is 0 Å². The minimum atomic E-state index is -0.412. The van der Waals surface area contributed by atoms with E-state index >= 15 is 0 Å². The highest BCUT2D eigenvalue weighted by Crippen LogP contribution is 2.62. The van der Waals surface area contributed by atoms with Crippen molar-refractivity contribution in [3.8, 4) is 11.8 Å². The van der Waals surface area contributed by atoms with E-state index in [0.29, 0.717) is 17.5 Å². The lowest BCUT2D eigenvalue weighted by molar-refractivity contribution is -0.0992. The van der Waals surface area contributed by atoms with Gasteiger partial charge < -0.3 is 14.7 Å². The van der Waals surface area contributed by atoms with E-state index in [2.05, 4.69) is 24.1 Å². The Balaban J connectivity index is 1.82. The van der Waals surface area contributed by atoms with Gasteiger partial charge in [0.15, 0.2) is 0 Å². The molecule has 2 aliphatic heterocycles. The number of aliphatic hydroxyl groups is 1. The minimum absolute atomic E-state index is 0.0649. The first-order valence-electron chi connectivity index (χ1n) is 8.28. The quantitative estimate of drug-likeness (QED) is 0.790. The summed E-state index contributed by atoms with van der Waals surface area (Å²) in [6, 6.07) is 6.83. The maximum Gasteiger partial charge on any atom is 0.141 e. The monoisotopic (exact) mass is 296 g/mol. The van der Waals surface area contributed by atoms with Crippen LogP contribution in [0.5, 0.6) is 5.75 Å². The fraction of sp³-hybridized carbons (Fsp3) is 0.611. The molecule has 0 unspecified atom stereocenters. The molecule has 2 aliphatic carbocycles. The molecule has 1 N–H and O–H groups in total. The second-order valence-corrected chi connectivity index (χ2v) is 7.42. The second kappa shape index (κ2) is 4.04. The molecule has 2 fully saturated rings. The van der Waals surface area contributed by atoms with Crippen LogP contribution in [0.3, 0.4) is 0 Å². The van der Waals surface area contributed by atoms with Crippen molar-refractivity contribution >= 4 is 0 Å². The van der Waals surface area contributed by atoms with Gasteiger partial charge in [0.1, 0.15) is 17.9 Å². The summed E-state index contributed by atoms with van der Waals surface area (Å²) in [5, 5.41) is 20.0. The van der Waals surface area contributed by atoms with E-state index in [1.165, 1.54) is 11.1 Å². The van der Waals surface area contributed by atoms with Crippen molar-refractivity contribution in [2.75, 3.05) is 13.6 Å². The van der Waals surface area contributed by atoms with E-state index in [1.54, 1.807) is 0 Å². The van der Waals surface area contributed by atoms with Crippen molar-refractivity contribution in [1.82, 2.24) is 4.90 Å². The van der Waals surface area contributed by atoms with Crippen LogP contribution in [-0.4, -0.2) is 41.8 Å². The van der Waals surface area contributed by atoms with Gasteiger partial charge in [-0.3, -0.25) is 0 Å². The van der Waals surface area contributed by atoms with Crippen LogP contribution in [0.1, 0.15) is 36.0 Å². The first-order chi connectivity index (χ1) is 10.7. The number of benzene rings is 1. The first-order valence-corrected chi connectivity index (χ1v) is 8.28. The van der Waals surface area contributed by atoms with E-state index in [9.17, 15) is 10.4 Å². The number of aliphatic hydroxyl groups excluding tert-OH is 1. The van der Waals surface area contributed by atoms with Gasteiger partial charge in [-0.05, 0) is 56.8 Å². The molecule has 22 heavy (non-hydrogen) atoms. The predicted octanol–water partition coefficient (Wildman–Crippen LogP) is 1.59. The average molecular weight is 296 g/mol. The summed E-state index contributed by atoms with van der Waals surface area (Å²) in [4.78, 5) is 2.49. The third kappa shape index (κ3) is 1.27. The Kier molecular flexibility index (Phi) is 2.37. The molecule has 0 aromatic heterocycles. The molecule has 4 nitrogen and oxygen atoms in total. The van der Waals surface area contributed by atoms with Crippen molar-refractivity contribution in [1.29, 1.82) is 5.26 Å². The van der Waals surface area contributed by atoms with Crippen molar-refractivity contribution in [3.05, 3.63) is 28.8 Å². The summed E-state index contributed by atoms with van der Waals surface area (Å²) in [7, 11) is 2.23. The zero-order valence-electron chi connectivity index (χ0n) is 12.7. The molecule has 1 saturated carbocycles. The number of ether oxygens (including phenoxy) is 1. The largest absolute Gasteiger partial charge is 0.485 e. The van der Waals surface area contributed by atoms with Crippen LogP contribution in [0.2, 0.25) is 0 Å². The van der Waals surface area contributed by atoms with E-state index in [4.69, 9.17) is 4.74 Å². The molecule has 2 heterocycles. The topological polar surface area (TPSA) is 56.5 Å². The van der Waals surface area contributed by atoms with Gasteiger partial charge in [0.05, 0.1) is 11.7 Å². The molecule has 5 atom stereocenters. The Labute approximate surface area is 130 Å². The predicted molar refractivity (Wildman–Crippen MR) is 80.7 cm³/mol. The highest BCUT2D eigenvalue weighted by atomic mass is 16.5. The van der Waals surface area contributed by atoms with Crippen molar-refractivity contribution in [2.45, 2.75) is 49.3 Å². The first kappa shape index (κ1) is 12.9. The highest BCUT2D eigenvalue weighted by molar-refractivity contribution is 5.61. The number of nitriles is 1. The summed E-state index contributed by atoms with van der Waals surface area (Å²) in [6.07, 6.45) is 3.37. The lowest BCUT2D eigenvalue weighted by atomic mass is 9.51. The van der Waals surface area contributed by atoms with Crippen LogP contribution in [0.4, 0.5) is 0 Å². The van der Waals surface area contributed by atoms with Gasteiger partial charge >= 0.3 is 0 Å². The minimum Gasteiger partial charge on any atom is -0.485 e. The molecule has 1 aromatic rings. The molecule has 4 aliphatic rings. The smallest absolute Gasteiger partial charge is 0.141 e. The van der Waals surface area contributed by atoms with Crippen LogP contribution in [-0.2, 0) is 11.8 Å². The molecule has 114 valence electrons. The van der Waals surface area contributed by atoms with E-state index in [1.807, 2.05) is 6.07 Å². The Morgan fingerprint density at radius 1 is 1.41 bits per heavy atom. The maximum absolute atomic E-state index is 10.6. The van der Waals surface area contributed by atoms with Crippen molar-refractivity contribution in [3.63, 3.8) is 0 Å². The van der Waals surface area contributed by atoms with Crippen LogP contribution in [0.15, 0.2) is 12.1 Å². The van der Waals surface area contributed by atoms with Gasteiger partial charge in [-0.25, -0.2) is 0 Å². The maximum atomic E-state index is 10.6. The summed E-state index contributed by atoms with van der Waals surface area (Å²) < 4.78 is 6.26. The second-order valence-electron chi connectivity index (χ2n) is 7.42. The molecular weight excluding hydrogens is 276 g/mol. The normalized spacial score (nSPS) is 41.5. The summed E-state index contributed by atoms with van der Waals surface area (Å²) in [5.74, 6) is 1.32. The fourth-order valence-corrected chi connectivity index (χ4v) is 5.81. The molecule has 1 aromatic carbocycles. The molecule has 0 radical (unpaired) electrons. The third-order valence-electron chi connectivity index (χ3n) is 6.70. The number of nitrogens with zero attached hydrogens (tertiary/aromatic N) is 2. The number of likely N-dealkylation sites (tertiary alicyclic amines) is 1. The Hall–Kier alpha value is -1.57. The Morgan fingerprint density at radius 3 is 3.09 bits per heavy atom. The third-order valence-corrected chi connectivity index (χ3v) is 6.70. The fourth-order valence-electron chi connectivity index (χ4n) is 5.81. The molecule has 4 heteroatoms. The SMILES string of the molecule is CN1CC[C@]23c4c5ccc(C#N)c4O[C@H]2[C@@H](O)CC[C@H]3[C@H]1C5. The lowest BCUT2D eigenvalue weighted by Gasteiger charge is -2.58. The van der Waals surface area contributed by atoms with Gasteiger partial charge in [-0.1, -0.05) is 6.07 Å². The van der Waals surface area contributed by atoms with Gasteiger partial charge in [0.25, 0.3) is 0 Å². The molecular formula is C18H20N2O2. The molecule has 2 bridgehead atoms. The number of hydrogen-bond donors (Lipinski definition) is 1.